The van der Waals surface area contributed by atoms with E-state index >= 15 is 0 Å². The Labute approximate surface area is 109 Å². The standard InChI is InChI=1S/C11H23N3O2S/c1-8(2)13-10(15)9(3)14-11(17)12-6-5-7-16-4/h8-9H,5-7H2,1-4H3,(H,13,15)(H2,12,14,17). The predicted molar refractivity (Wildman–Crippen MR) is 73.0 cm³/mol. The zero-order chi connectivity index (χ0) is 13.3. The van der Waals surface area contributed by atoms with Gasteiger partial charge in [0.25, 0.3) is 0 Å². The molecule has 100 valence electrons. The zero-order valence-electron chi connectivity index (χ0n) is 11.0. The minimum absolute atomic E-state index is 0.0546. The molecule has 6 heteroatoms. The lowest BCUT2D eigenvalue weighted by molar-refractivity contribution is -0.122. The summed E-state index contributed by atoms with van der Waals surface area (Å²) in [6.45, 7) is 7.05. The number of ether oxygens (including phenoxy) is 1. The van der Waals surface area contributed by atoms with Crippen LogP contribution < -0.4 is 16.0 Å². The highest BCUT2D eigenvalue weighted by Gasteiger charge is 2.13. The van der Waals surface area contributed by atoms with Crippen LogP contribution in [0.5, 0.6) is 0 Å². The van der Waals surface area contributed by atoms with Gasteiger partial charge in [-0.15, -0.1) is 0 Å². The summed E-state index contributed by atoms with van der Waals surface area (Å²) in [4.78, 5) is 11.6. The van der Waals surface area contributed by atoms with Gasteiger partial charge < -0.3 is 20.7 Å². The fraction of sp³-hybridized carbons (Fsp3) is 0.818. The van der Waals surface area contributed by atoms with Gasteiger partial charge in [-0.2, -0.15) is 0 Å². The first-order valence-corrected chi connectivity index (χ1v) is 6.22. The third kappa shape index (κ3) is 8.88. The van der Waals surface area contributed by atoms with Crippen LogP contribution in [0.4, 0.5) is 0 Å². The summed E-state index contributed by atoms with van der Waals surface area (Å²) in [6, 6.07) is -0.199. The molecule has 5 nitrogen and oxygen atoms in total. The molecule has 0 saturated heterocycles. The molecule has 1 atom stereocenters. The predicted octanol–water partition coefficient (Wildman–Crippen LogP) is 0.400. The van der Waals surface area contributed by atoms with E-state index in [0.717, 1.165) is 13.0 Å². The smallest absolute Gasteiger partial charge is 0.242 e. The number of hydrogen-bond acceptors (Lipinski definition) is 3. The van der Waals surface area contributed by atoms with Gasteiger partial charge in [-0.25, -0.2) is 0 Å². The Bertz CT molecular complexity index is 247. The Balaban J connectivity index is 3.75. The Morgan fingerprint density at radius 3 is 2.47 bits per heavy atom. The van der Waals surface area contributed by atoms with Crippen LogP contribution in [0.25, 0.3) is 0 Å². The van der Waals surface area contributed by atoms with Crippen molar-refractivity contribution < 1.29 is 9.53 Å². The molecule has 0 aromatic carbocycles. The molecule has 1 amide bonds. The van der Waals surface area contributed by atoms with Crippen molar-refractivity contribution >= 4 is 23.2 Å². The number of hydrogen-bond donors (Lipinski definition) is 3. The van der Waals surface area contributed by atoms with Crippen LogP contribution in [0.3, 0.4) is 0 Å². The SMILES string of the molecule is COCCCNC(=S)NC(C)C(=O)NC(C)C. The summed E-state index contributed by atoms with van der Waals surface area (Å²) >= 11 is 5.07. The lowest BCUT2D eigenvalue weighted by Gasteiger charge is -2.18. The van der Waals surface area contributed by atoms with E-state index < -0.39 is 0 Å². The molecule has 0 saturated carbocycles. The van der Waals surface area contributed by atoms with Gasteiger partial charge in [-0.3, -0.25) is 4.79 Å². The number of carbonyl (C=O) groups is 1. The van der Waals surface area contributed by atoms with Crippen molar-refractivity contribution in [2.75, 3.05) is 20.3 Å². The molecule has 0 rings (SSSR count). The molecule has 0 aliphatic heterocycles. The molecule has 0 spiro atoms. The second-order valence-electron chi connectivity index (χ2n) is 4.13. The zero-order valence-corrected chi connectivity index (χ0v) is 11.8. The van der Waals surface area contributed by atoms with E-state index in [2.05, 4.69) is 16.0 Å². The number of nitrogens with one attached hydrogen (secondary N) is 3. The number of rotatable bonds is 7. The van der Waals surface area contributed by atoms with Gasteiger partial charge in [0.1, 0.15) is 6.04 Å². The third-order valence-corrected chi connectivity index (χ3v) is 2.24. The van der Waals surface area contributed by atoms with Crippen molar-refractivity contribution in [1.29, 1.82) is 0 Å². The van der Waals surface area contributed by atoms with Gasteiger partial charge in [-0.1, -0.05) is 0 Å². The highest BCUT2D eigenvalue weighted by Crippen LogP contribution is 1.86. The summed E-state index contributed by atoms with van der Waals surface area (Å²) in [7, 11) is 1.66. The topological polar surface area (TPSA) is 62.4 Å². The van der Waals surface area contributed by atoms with Crippen molar-refractivity contribution in [2.24, 2.45) is 0 Å². The normalized spacial score (nSPS) is 12.1. The van der Waals surface area contributed by atoms with Gasteiger partial charge in [0.05, 0.1) is 0 Å². The van der Waals surface area contributed by atoms with Crippen LogP contribution in [0.1, 0.15) is 27.2 Å². The first kappa shape index (κ1) is 16.1. The van der Waals surface area contributed by atoms with Crippen LogP contribution in [-0.4, -0.2) is 43.4 Å². The monoisotopic (exact) mass is 261 g/mol. The maximum Gasteiger partial charge on any atom is 0.242 e. The van der Waals surface area contributed by atoms with E-state index in [1.807, 2.05) is 13.8 Å². The Kier molecular flexibility index (Phi) is 8.71. The molecule has 0 heterocycles. The molecule has 0 aromatic rings. The van der Waals surface area contributed by atoms with E-state index in [4.69, 9.17) is 17.0 Å². The van der Waals surface area contributed by atoms with Crippen LogP contribution in [-0.2, 0) is 9.53 Å². The largest absolute Gasteiger partial charge is 0.385 e. The first-order valence-electron chi connectivity index (χ1n) is 5.81. The minimum atomic E-state index is -0.333. The molecular formula is C11H23N3O2S. The molecule has 0 aliphatic rings. The second kappa shape index (κ2) is 9.18. The summed E-state index contributed by atoms with van der Waals surface area (Å²) < 4.78 is 4.92. The average molecular weight is 261 g/mol. The van der Waals surface area contributed by atoms with Gasteiger partial charge in [0.2, 0.25) is 5.91 Å². The Hall–Kier alpha value is -0.880. The molecule has 1 unspecified atom stereocenters. The van der Waals surface area contributed by atoms with Gasteiger partial charge in [0.15, 0.2) is 5.11 Å². The molecule has 3 N–H and O–H groups in total. The van der Waals surface area contributed by atoms with Gasteiger partial charge >= 0.3 is 0 Å². The van der Waals surface area contributed by atoms with E-state index in [1.54, 1.807) is 14.0 Å². The molecular weight excluding hydrogens is 238 g/mol. The summed E-state index contributed by atoms with van der Waals surface area (Å²) in [5.41, 5.74) is 0. The van der Waals surface area contributed by atoms with Crippen LogP contribution in [0.15, 0.2) is 0 Å². The van der Waals surface area contributed by atoms with E-state index in [9.17, 15) is 4.79 Å². The fourth-order valence-corrected chi connectivity index (χ4v) is 1.42. The summed E-state index contributed by atoms with van der Waals surface area (Å²) in [5.74, 6) is -0.0546. The average Bonchev–Trinajstić information content (AvgIpc) is 2.23. The minimum Gasteiger partial charge on any atom is -0.385 e. The van der Waals surface area contributed by atoms with Crippen LogP contribution in [0, 0.1) is 0 Å². The summed E-state index contributed by atoms with van der Waals surface area (Å²) in [5, 5.41) is 9.25. The van der Waals surface area contributed by atoms with E-state index in [-0.39, 0.29) is 18.0 Å². The second-order valence-corrected chi connectivity index (χ2v) is 4.54. The first-order chi connectivity index (χ1) is 7.97. The Morgan fingerprint density at radius 2 is 1.94 bits per heavy atom. The van der Waals surface area contributed by atoms with E-state index in [0.29, 0.717) is 11.7 Å². The Morgan fingerprint density at radius 1 is 1.29 bits per heavy atom. The van der Waals surface area contributed by atoms with E-state index in [1.165, 1.54) is 0 Å². The van der Waals surface area contributed by atoms with Crippen LogP contribution in [0.2, 0.25) is 0 Å². The maximum absolute atomic E-state index is 11.6. The molecule has 0 bridgehead atoms. The van der Waals surface area contributed by atoms with Gasteiger partial charge in [0, 0.05) is 26.3 Å². The quantitative estimate of drug-likeness (QED) is 0.457. The highest BCUT2D eigenvalue weighted by atomic mass is 32.1. The molecule has 17 heavy (non-hydrogen) atoms. The van der Waals surface area contributed by atoms with Gasteiger partial charge in [-0.05, 0) is 39.4 Å². The van der Waals surface area contributed by atoms with Crippen LogP contribution >= 0.6 is 12.2 Å². The molecule has 0 aromatic heterocycles. The lowest BCUT2D eigenvalue weighted by atomic mass is 10.3. The molecule has 0 fully saturated rings. The molecule has 0 aliphatic carbocycles. The highest BCUT2D eigenvalue weighted by molar-refractivity contribution is 7.80. The molecule has 0 radical (unpaired) electrons. The number of carbonyl (C=O) groups excluding carboxylic acids is 1. The number of thiocarbonyl (C=S) groups is 1. The van der Waals surface area contributed by atoms with Crippen molar-refractivity contribution in [3.63, 3.8) is 0 Å². The lowest BCUT2D eigenvalue weighted by Crippen LogP contribution is -2.49. The number of amides is 1. The fourth-order valence-electron chi connectivity index (χ4n) is 1.14. The van der Waals surface area contributed by atoms with Crippen molar-refractivity contribution in [3.8, 4) is 0 Å². The van der Waals surface area contributed by atoms with Crippen molar-refractivity contribution in [1.82, 2.24) is 16.0 Å². The number of methoxy groups -OCH3 is 1. The third-order valence-electron chi connectivity index (χ3n) is 1.98. The summed E-state index contributed by atoms with van der Waals surface area (Å²) in [6.07, 6.45) is 0.880. The van der Waals surface area contributed by atoms with Crippen molar-refractivity contribution in [2.45, 2.75) is 39.3 Å². The van der Waals surface area contributed by atoms with Crippen molar-refractivity contribution in [3.05, 3.63) is 0 Å². The maximum atomic E-state index is 11.6.